The van der Waals surface area contributed by atoms with Gasteiger partial charge in [0.25, 0.3) is 23.6 Å². The zero-order valence-corrected chi connectivity index (χ0v) is 54.8. The van der Waals surface area contributed by atoms with Crippen molar-refractivity contribution in [1.29, 1.82) is 0 Å². The highest BCUT2D eigenvalue weighted by atomic mass is 32.1. The van der Waals surface area contributed by atoms with Crippen LogP contribution in [0.3, 0.4) is 0 Å². The number of pyridine rings is 1. The van der Waals surface area contributed by atoms with Crippen molar-refractivity contribution in [1.82, 2.24) is 72.1 Å². The molecule has 0 radical (unpaired) electrons. The highest BCUT2D eigenvalue weighted by Gasteiger charge is 2.33. The summed E-state index contributed by atoms with van der Waals surface area (Å²) >= 11 is 6.79. The van der Waals surface area contributed by atoms with E-state index in [1.54, 1.807) is 60.1 Å². The van der Waals surface area contributed by atoms with Crippen molar-refractivity contribution >= 4 is 121 Å². The summed E-state index contributed by atoms with van der Waals surface area (Å²) in [6, 6.07) is 7.82. The molecule has 1 aromatic carbocycles. The number of carbonyl (C=O) groups is 9. The summed E-state index contributed by atoms with van der Waals surface area (Å²) in [5.74, 6) is -6.83. The smallest absolute Gasteiger partial charge is 0.303 e. The molecule has 482 valence electrons. The molecule has 0 fully saturated rings. The van der Waals surface area contributed by atoms with E-state index < -0.39 is 96.5 Å². The molecule has 0 spiro atoms. The number of amides is 7. The van der Waals surface area contributed by atoms with Crippen LogP contribution in [0.15, 0.2) is 64.0 Å². The summed E-state index contributed by atoms with van der Waals surface area (Å²) in [4.78, 5) is 154. The fourth-order valence-electron chi connectivity index (χ4n) is 9.37. The van der Waals surface area contributed by atoms with Crippen LogP contribution in [0.4, 0.5) is 0 Å². The lowest BCUT2D eigenvalue weighted by Gasteiger charge is -2.23. The van der Waals surface area contributed by atoms with Crippen LogP contribution in [0.5, 0.6) is 0 Å². The Morgan fingerprint density at radius 3 is 2.12 bits per heavy atom. The third kappa shape index (κ3) is 16.9. The van der Waals surface area contributed by atoms with E-state index in [0.717, 1.165) is 56.7 Å². The maximum atomic E-state index is 14.4. The molecule has 5 atom stereocenters. The molecule has 7 amide bonds. The summed E-state index contributed by atoms with van der Waals surface area (Å²) < 4.78 is 5.45. The maximum Gasteiger partial charge on any atom is 0.303 e. The minimum atomic E-state index is -1.32. The number of thiazole rings is 6. The molecule has 92 heavy (non-hydrogen) atoms. The first-order valence-electron chi connectivity index (χ1n) is 28.6. The van der Waals surface area contributed by atoms with E-state index in [-0.39, 0.29) is 82.5 Å². The largest absolute Gasteiger partial charge is 0.481 e. The Kier molecular flexibility index (Phi) is 22.9. The fraction of sp³-hybridized carbons (Fsp3) is 0.356. The van der Waals surface area contributed by atoms with E-state index in [9.17, 15) is 53.4 Å². The Hall–Kier alpha value is -8.70. The minimum Gasteiger partial charge on any atom is -0.481 e. The van der Waals surface area contributed by atoms with Gasteiger partial charge in [0.2, 0.25) is 17.7 Å². The number of hydrogen-bond acceptors (Lipinski definition) is 24. The second kappa shape index (κ2) is 31.1. The van der Waals surface area contributed by atoms with Crippen molar-refractivity contribution in [3.63, 3.8) is 0 Å². The highest BCUT2D eigenvalue weighted by Crippen LogP contribution is 2.40. The zero-order valence-electron chi connectivity index (χ0n) is 49.9. The number of unbranched alkanes of at least 4 members (excludes halogenated alkanes) is 2. The number of aliphatic hydroxyl groups is 1. The van der Waals surface area contributed by atoms with Gasteiger partial charge < -0.3 is 57.3 Å². The summed E-state index contributed by atoms with van der Waals surface area (Å²) in [7, 11) is 2.90. The number of benzene rings is 1. The average molecular weight is 1370 g/mol. The quantitative estimate of drug-likeness (QED) is 0.0342. The van der Waals surface area contributed by atoms with Gasteiger partial charge in [0, 0.05) is 65.5 Å². The maximum absolute atomic E-state index is 14.4. The van der Waals surface area contributed by atoms with Crippen molar-refractivity contribution < 1.29 is 63.2 Å². The van der Waals surface area contributed by atoms with E-state index in [1.165, 1.54) is 36.3 Å². The first-order chi connectivity index (χ1) is 44.2. The number of hydrogen-bond donors (Lipinski definition) is 10. The zero-order chi connectivity index (χ0) is 65.8. The Morgan fingerprint density at radius 2 is 1.38 bits per heavy atom. The fourth-order valence-corrected chi connectivity index (χ4v) is 14.9. The van der Waals surface area contributed by atoms with Crippen molar-refractivity contribution in [2.24, 2.45) is 5.92 Å². The number of carboxylic acids is 2. The summed E-state index contributed by atoms with van der Waals surface area (Å²) in [6.07, 6.45) is -0.857. The van der Waals surface area contributed by atoms with Gasteiger partial charge >= 0.3 is 11.9 Å². The molecule has 7 aromatic heterocycles. The van der Waals surface area contributed by atoms with E-state index in [0.29, 0.717) is 71.6 Å². The van der Waals surface area contributed by atoms with E-state index in [4.69, 9.17) is 29.8 Å². The second-order valence-electron chi connectivity index (χ2n) is 21.1. The number of methoxy groups -OCH3 is 1. The van der Waals surface area contributed by atoms with Crippen LogP contribution in [0.1, 0.15) is 155 Å². The van der Waals surface area contributed by atoms with Crippen molar-refractivity contribution in [3.05, 3.63) is 117 Å². The van der Waals surface area contributed by atoms with Crippen LogP contribution >= 0.6 is 68.0 Å². The number of rotatable bonds is 20. The normalized spacial score (nSPS) is 16.1. The minimum absolute atomic E-state index is 0.0204. The number of aliphatic carboxylic acids is 2. The molecular weight excluding hydrogens is 1310 g/mol. The number of fused-ring (bicyclic) bond motifs is 14. The van der Waals surface area contributed by atoms with Crippen molar-refractivity contribution in [2.45, 2.75) is 103 Å². The first kappa shape index (κ1) is 67.7. The van der Waals surface area contributed by atoms with Gasteiger partial charge in [-0.3, -0.25) is 43.2 Å². The van der Waals surface area contributed by atoms with Gasteiger partial charge in [0.05, 0.1) is 42.2 Å². The Bertz CT molecular complexity index is 4030. The summed E-state index contributed by atoms with van der Waals surface area (Å²) in [5, 5.41) is 58.0. The molecule has 1 aliphatic heterocycles. The van der Waals surface area contributed by atoms with Gasteiger partial charge in [-0.05, 0) is 49.8 Å². The molecule has 0 saturated heterocycles. The van der Waals surface area contributed by atoms with E-state index >= 15 is 0 Å². The third-order valence-electron chi connectivity index (χ3n) is 14.1. The monoisotopic (exact) mass is 1370 g/mol. The topological polar surface area (TPSA) is 398 Å². The van der Waals surface area contributed by atoms with E-state index in [1.807, 2.05) is 13.8 Å². The molecule has 33 heteroatoms. The summed E-state index contributed by atoms with van der Waals surface area (Å²) in [6.45, 7) is 5.02. The van der Waals surface area contributed by atoms with Crippen molar-refractivity contribution in [3.8, 4) is 43.4 Å². The lowest BCUT2D eigenvalue weighted by molar-refractivity contribution is -0.138. The van der Waals surface area contributed by atoms with Gasteiger partial charge in [-0.2, -0.15) is 0 Å². The van der Waals surface area contributed by atoms with Crippen LogP contribution in [0.2, 0.25) is 0 Å². The van der Waals surface area contributed by atoms with Gasteiger partial charge in [-0.25, -0.2) is 34.9 Å². The highest BCUT2D eigenvalue weighted by molar-refractivity contribution is 7.15. The van der Waals surface area contributed by atoms with Gasteiger partial charge in [0.15, 0.2) is 0 Å². The van der Waals surface area contributed by atoms with Crippen LogP contribution < -0.4 is 37.2 Å². The van der Waals surface area contributed by atoms with Gasteiger partial charge in [0.1, 0.15) is 88.1 Å². The van der Waals surface area contributed by atoms with Crippen LogP contribution in [-0.2, 0) is 35.3 Å². The predicted octanol–water partition coefficient (Wildman–Crippen LogP) is 7.04. The number of aromatic nitrogens is 7. The Morgan fingerprint density at radius 1 is 0.674 bits per heavy atom. The molecule has 10 bridgehead atoms. The number of carboxylic acid groups (broad SMARTS) is 2. The molecular formula is C59H62N14O13S6. The van der Waals surface area contributed by atoms with E-state index in [2.05, 4.69) is 52.2 Å². The number of carbonyl (C=O) groups excluding carboxylic acids is 7. The molecule has 9 rings (SSSR count). The van der Waals surface area contributed by atoms with Gasteiger partial charge in [-0.15, -0.1) is 68.0 Å². The number of aliphatic hydroxyl groups excluding tert-OH is 1. The SMILES string of the molecule is CNC(=O)CC1NC(=O)c2csc(n2)-c2ccc(-c3nc(C(=O)N[C@@H](CCC(=O)O)C(=O)NCCCCCC(=O)O)cs3)nc2-c2csc(n2)-c2csc(n2)C(C(O)c2ccccc2)NC(=O)CNC(=O)c2nc(sc2COC)C(C(C)C)NC(=O)c2nc1sc2C. The molecule has 0 saturated carbocycles. The van der Waals surface area contributed by atoms with Gasteiger partial charge in [-0.1, -0.05) is 50.6 Å². The number of nitrogens with one attached hydrogen (secondary N) is 7. The van der Waals surface area contributed by atoms with Crippen LogP contribution in [0.25, 0.3) is 43.4 Å². The molecule has 8 heterocycles. The van der Waals surface area contributed by atoms with Crippen molar-refractivity contribution in [2.75, 3.05) is 27.2 Å². The first-order valence-corrected chi connectivity index (χ1v) is 33.8. The third-order valence-corrected chi connectivity index (χ3v) is 19.8. The Labute approximate surface area is 549 Å². The second-order valence-corrected chi connectivity index (χ2v) is 26.9. The average Bonchev–Trinajstić information content (AvgIpc) is 1.73. The summed E-state index contributed by atoms with van der Waals surface area (Å²) in [5.41, 5.74) is 1.99. The molecule has 4 unspecified atom stereocenters. The number of aryl methyl sites for hydroxylation is 1. The number of ether oxygens (including phenoxy) is 1. The Balaban J connectivity index is 1.08. The molecule has 0 aliphatic carbocycles. The van der Waals surface area contributed by atoms with Crippen LogP contribution in [0, 0.1) is 12.8 Å². The lowest BCUT2D eigenvalue weighted by Crippen LogP contribution is -2.47. The lowest BCUT2D eigenvalue weighted by atomic mass is 10.0. The van der Waals surface area contributed by atoms with Crippen LogP contribution in [-0.4, -0.2) is 137 Å². The predicted molar refractivity (Wildman–Crippen MR) is 344 cm³/mol. The molecule has 10 N–H and O–H groups in total. The molecule has 8 aromatic rings. The molecule has 27 nitrogen and oxygen atoms in total. The standard InChI is InChI=1S/C59H62N14O13S6/c1-27(2)43-59-73-46(38(92-59)22-86-5)52(84)62-21-40(75)70-47(48(80)29-12-8-6-9-13-29)58-69-37(26-90-58)56-66-34(23-88-56)45-30(54-67-35(24-87-54)51(83)65-33(20-39(74)60-4)57-72-44(28(3)91-57)53(85)71-43)15-16-32(63-45)55-68-36(25-89-55)50(82)64-31(17-18-42(78)79)49(81)61-19-11-7-10-14-41(76)77/h6,8-9,12-13,15-16,23-27,31,33,43,47-48,80H,7,10-11,14,17-22H2,1-5H3,(H,60,74)(H,61,81)(H,62,84)(H,64,82)(H,65,83)(H,70,75)(H,71,85)(H,76,77)(H,78,79)/t31-,33?,43?,47?,48?/m0/s1. The molecule has 1 aliphatic rings. The number of nitrogens with zero attached hydrogens (tertiary/aromatic N) is 7.